The van der Waals surface area contributed by atoms with Crippen LogP contribution < -0.4 is 21.6 Å². The Labute approximate surface area is 173 Å². The molecule has 2 amide bonds. The Morgan fingerprint density at radius 1 is 0.800 bits per heavy atom. The molecule has 4 N–H and O–H groups in total. The van der Waals surface area contributed by atoms with Crippen molar-refractivity contribution in [1.82, 2.24) is 0 Å². The van der Waals surface area contributed by atoms with Crippen molar-refractivity contribution >= 4 is 48.4 Å². The average Bonchev–Trinajstić information content (AvgIpc) is 3.28. The van der Waals surface area contributed by atoms with Crippen LogP contribution in [0, 0.1) is 0 Å². The van der Waals surface area contributed by atoms with E-state index in [0.29, 0.717) is 35.5 Å². The van der Waals surface area contributed by atoms with Gasteiger partial charge in [0.1, 0.15) is 0 Å². The number of hydrogen-bond acceptors (Lipinski definition) is 6. The predicted octanol–water partition coefficient (Wildman–Crippen LogP) is -0.188. The quantitative estimate of drug-likeness (QED) is 0.312. The number of allylic oxidation sites excluding steroid dienone is 2. The third-order valence-electron chi connectivity index (χ3n) is 4.76. The van der Waals surface area contributed by atoms with Gasteiger partial charge in [-0.2, -0.15) is 0 Å². The molecule has 2 aromatic rings. The van der Waals surface area contributed by atoms with Crippen LogP contribution in [0.2, 0.25) is 0 Å². The van der Waals surface area contributed by atoms with Gasteiger partial charge in [-0.1, -0.05) is 24.3 Å². The predicted molar refractivity (Wildman–Crippen MR) is 113 cm³/mol. The zero-order chi connectivity index (χ0) is 21.1. The molecule has 150 valence electrons. The van der Waals surface area contributed by atoms with E-state index < -0.39 is 14.2 Å². The number of amides is 2. The van der Waals surface area contributed by atoms with E-state index >= 15 is 0 Å². The maximum atomic E-state index is 12.0. The largest absolute Gasteiger partial charge is 0.491 e. The van der Waals surface area contributed by atoms with Crippen LogP contribution in [0.4, 0.5) is 11.4 Å². The molecule has 2 aliphatic rings. The lowest BCUT2D eigenvalue weighted by Crippen LogP contribution is -2.28. The second-order valence-corrected chi connectivity index (χ2v) is 6.85. The fourth-order valence-electron chi connectivity index (χ4n) is 3.24. The molecule has 0 saturated heterocycles. The first-order valence-electron chi connectivity index (χ1n) is 9.31. The summed E-state index contributed by atoms with van der Waals surface area (Å²) in [5, 5.41) is 24.8. The first-order chi connectivity index (χ1) is 14.5. The van der Waals surface area contributed by atoms with Crippen LogP contribution in [0.3, 0.4) is 0 Å². The van der Waals surface area contributed by atoms with Gasteiger partial charge in [0.05, 0.1) is 13.2 Å². The monoisotopic (exact) mass is 404 g/mol. The molecular weight excluding hydrogens is 386 g/mol. The Morgan fingerprint density at radius 2 is 1.23 bits per heavy atom. The maximum absolute atomic E-state index is 12.0. The van der Waals surface area contributed by atoms with Crippen molar-refractivity contribution in [2.75, 3.05) is 10.6 Å². The molecule has 0 unspecified atom stereocenters. The van der Waals surface area contributed by atoms with Gasteiger partial charge in [-0.3, -0.25) is 9.59 Å². The number of hydrogen-bond donors (Lipinski definition) is 4. The van der Waals surface area contributed by atoms with Crippen LogP contribution in [-0.4, -0.2) is 36.1 Å². The minimum Gasteiger partial charge on any atom is -0.423 e. The molecule has 0 atom stereocenters. The lowest BCUT2D eigenvalue weighted by atomic mass is 9.79. The number of carbonyl (C=O) groups excluding carboxylic acids is 2. The number of rotatable bonds is 5. The van der Waals surface area contributed by atoms with Crippen LogP contribution in [0.15, 0.2) is 60.7 Å². The van der Waals surface area contributed by atoms with Gasteiger partial charge in [-0.05, 0) is 46.3 Å². The lowest BCUT2D eigenvalue weighted by molar-refractivity contribution is -0.112. The summed E-state index contributed by atoms with van der Waals surface area (Å²) in [5.41, 5.74) is 4.12. The Morgan fingerprint density at radius 3 is 1.67 bits per heavy atom. The maximum Gasteiger partial charge on any atom is 0.491 e. The summed E-state index contributed by atoms with van der Waals surface area (Å²) in [6, 6.07) is 10.4. The van der Waals surface area contributed by atoms with Crippen LogP contribution >= 0.6 is 0 Å². The van der Waals surface area contributed by atoms with Crippen molar-refractivity contribution in [3.8, 4) is 0 Å². The van der Waals surface area contributed by atoms with Crippen LogP contribution in [0.1, 0.15) is 11.1 Å². The molecule has 0 aromatic heterocycles. The molecule has 0 radical (unpaired) electrons. The molecule has 0 spiro atoms. The average molecular weight is 404 g/mol. The standard InChI is InChI=1S/C20H18B2N2O6/c25-19(23-15-7-5-13-11-29-21(27)17(13)9-15)3-1-2-4-20(26)24-16-8-6-14-12-30-22(28)18(14)10-16/h1-10,27-28H,11-12H2,(H,23,25)(H,24,26)/b3-1+,4-2+. The summed E-state index contributed by atoms with van der Waals surface area (Å²) in [6.07, 6.45) is 5.46. The lowest BCUT2D eigenvalue weighted by Gasteiger charge is -2.05. The van der Waals surface area contributed by atoms with Crippen LogP contribution in [-0.2, 0) is 32.1 Å². The summed E-state index contributed by atoms with van der Waals surface area (Å²) >= 11 is 0. The molecule has 30 heavy (non-hydrogen) atoms. The highest BCUT2D eigenvalue weighted by Crippen LogP contribution is 2.15. The highest BCUT2D eigenvalue weighted by molar-refractivity contribution is 6.62. The van der Waals surface area contributed by atoms with Gasteiger partial charge in [0, 0.05) is 23.5 Å². The number of anilines is 2. The smallest absolute Gasteiger partial charge is 0.423 e. The molecule has 10 heteroatoms. The minimum atomic E-state index is -0.977. The summed E-state index contributed by atoms with van der Waals surface area (Å²) in [6.45, 7) is 0.689. The molecule has 0 saturated carbocycles. The molecule has 2 aromatic carbocycles. The van der Waals surface area contributed by atoms with E-state index in [0.717, 1.165) is 11.1 Å². The zero-order valence-corrected chi connectivity index (χ0v) is 15.9. The summed E-state index contributed by atoms with van der Waals surface area (Å²) in [4.78, 5) is 24.0. The number of benzene rings is 2. The Balaban J connectivity index is 1.29. The van der Waals surface area contributed by atoms with Gasteiger partial charge in [0.25, 0.3) is 0 Å². The molecule has 2 aliphatic heterocycles. The van der Waals surface area contributed by atoms with Crippen molar-refractivity contribution in [2.45, 2.75) is 13.2 Å². The third-order valence-corrected chi connectivity index (χ3v) is 4.76. The van der Waals surface area contributed by atoms with Gasteiger partial charge in [0.2, 0.25) is 11.8 Å². The SMILES string of the molecule is O=C(/C=C/C=C/C(=O)Nc1ccc2c(c1)B(O)OC2)Nc1ccc2c(c1)B(O)OC2. The van der Waals surface area contributed by atoms with Crippen molar-refractivity contribution in [3.63, 3.8) is 0 Å². The Hall–Kier alpha value is -3.17. The first kappa shape index (κ1) is 20.1. The molecule has 0 fully saturated rings. The van der Waals surface area contributed by atoms with E-state index in [2.05, 4.69) is 10.6 Å². The second kappa shape index (κ2) is 8.68. The number of fused-ring (bicyclic) bond motifs is 2. The van der Waals surface area contributed by atoms with Gasteiger partial charge in [-0.15, -0.1) is 0 Å². The van der Waals surface area contributed by atoms with E-state index in [1.807, 2.05) is 0 Å². The molecule has 0 bridgehead atoms. The Bertz CT molecular complexity index is 972. The Kier molecular flexibility index (Phi) is 5.82. The van der Waals surface area contributed by atoms with E-state index in [4.69, 9.17) is 9.31 Å². The zero-order valence-electron chi connectivity index (χ0n) is 15.9. The molecule has 0 aliphatic carbocycles. The van der Waals surface area contributed by atoms with Crippen molar-refractivity contribution < 1.29 is 28.9 Å². The van der Waals surface area contributed by atoms with Gasteiger partial charge in [-0.25, -0.2) is 0 Å². The van der Waals surface area contributed by atoms with Crippen LogP contribution in [0.25, 0.3) is 0 Å². The van der Waals surface area contributed by atoms with E-state index in [1.165, 1.54) is 24.3 Å². The summed E-state index contributed by atoms with van der Waals surface area (Å²) in [7, 11) is -1.95. The van der Waals surface area contributed by atoms with Gasteiger partial charge >= 0.3 is 14.2 Å². The molecular formula is C20H18B2N2O6. The van der Waals surface area contributed by atoms with E-state index in [1.54, 1.807) is 36.4 Å². The van der Waals surface area contributed by atoms with Crippen LogP contribution in [0.5, 0.6) is 0 Å². The highest BCUT2D eigenvalue weighted by Gasteiger charge is 2.28. The molecule has 4 rings (SSSR count). The second-order valence-electron chi connectivity index (χ2n) is 6.85. The van der Waals surface area contributed by atoms with Gasteiger partial charge < -0.3 is 30.0 Å². The third kappa shape index (κ3) is 4.52. The van der Waals surface area contributed by atoms with Crippen molar-refractivity contribution in [3.05, 3.63) is 71.8 Å². The highest BCUT2D eigenvalue weighted by atomic mass is 16.5. The number of carbonyl (C=O) groups is 2. The van der Waals surface area contributed by atoms with Crippen molar-refractivity contribution in [1.29, 1.82) is 0 Å². The topological polar surface area (TPSA) is 117 Å². The van der Waals surface area contributed by atoms with E-state index in [9.17, 15) is 19.6 Å². The fourth-order valence-corrected chi connectivity index (χ4v) is 3.24. The first-order valence-corrected chi connectivity index (χ1v) is 9.31. The fraction of sp³-hybridized carbons (Fsp3) is 0.100. The van der Waals surface area contributed by atoms with Crippen molar-refractivity contribution in [2.24, 2.45) is 0 Å². The summed E-state index contributed by atoms with van der Waals surface area (Å²) in [5.74, 6) is -0.748. The minimum absolute atomic E-state index is 0.345. The number of nitrogens with one attached hydrogen (secondary N) is 2. The summed E-state index contributed by atoms with van der Waals surface area (Å²) < 4.78 is 10.2. The molecule has 2 heterocycles. The normalized spacial score (nSPS) is 15.0. The van der Waals surface area contributed by atoms with Gasteiger partial charge in [0.15, 0.2) is 0 Å². The molecule has 8 nitrogen and oxygen atoms in total. The van der Waals surface area contributed by atoms with E-state index in [-0.39, 0.29) is 11.8 Å².